The molecule has 0 radical (unpaired) electrons. The van der Waals surface area contributed by atoms with E-state index in [0.29, 0.717) is 44.0 Å². The predicted molar refractivity (Wildman–Crippen MR) is 91.7 cm³/mol. The standard InChI is InChI=1S/C15H22N4O5S/c1-3-24-15(21)19-8-6-18(7-9-19)14(20)17-13-10-12(25(16,22)23)5-4-11(13)2/h4-5,10H,3,6-9H2,1-2H3,(H,17,20)(H2,16,22,23). The predicted octanol–water partition coefficient (Wildman–Crippen LogP) is 0.948. The number of benzene rings is 1. The minimum atomic E-state index is -3.85. The number of anilines is 1. The van der Waals surface area contributed by atoms with Crippen molar-refractivity contribution in [2.45, 2.75) is 18.7 Å². The van der Waals surface area contributed by atoms with Crippen LogP contribution in [0.25, 0.3) is 0 Å². The van der Waals surface area contributed by atoms with Crippen molar-refractivity contribution in [1.82, 2.24) is 9.80 Å². The fourth-order valence-electron chi connectivity index (χ4n) is 2.41. The van der Waals surface area contributed by atoms with Crippen molar-refractivity contribution in [3.05, 3.63) is 23.8 Å². The summed E-state index contributed by atoms with van der Waals surface area (Å²) in [6.07, 6.45) is -0.390. The number of nitrogens with zero attached hydrogens (tertiary/aromatic N) is 2. The summed E-state index contributed by atoms with van der Waals surface area (Å²) in [6.45, 7) is 5.27. The third kappa shape index (κ3) is 4.83. The molecule has 1 aliphatic heterocycles. The summed E-state index contributed by atoms with van der Waals surface area (Å²) in [4.78, 5) is 27.1. The topological polar surface area (TPSA) is 122 Å². The van der Waals surface area contributed by atoms with E-state index in [9.17, 15) is 18.0 Å². The number of carbonyl (C=O) groups is 2. The summed E-state index contributed by atoms with van der Waals surface area (Å²) in [6, 6.07) is 3.93. The van der Waals surface area contributed by atoms with Gasteiger partial charge in [0.2, 0.25) is 10.0 Å². The van der Waals surface area contributed by atoms with Gasteiger partial charge in [-0.25, -0.2) is 23.1 Å². The Balaban J connectivity index is 2.01. The number of sulfonamides is 1. The van der Waals surface area contributed by atoms with Gasteiger partial charge in [-0.3, -0.25) is 0 Å². The molecule has 0 spiro atoms. The maximum absolute atomic E-state index is 12.4. The smallest absolute Gasteiger partial charge is 0.409 e. The number of hydrogen-bond donors (Lipinski definition) is 2. The fourth-order valence-corrected chi connectivity index (χ4v) is 2.95. The average molecular weight is 370 g/mol. The lowest BCUT2D eigenvalue weighted by atomic mass is 10.2. The summed E-state index contributed by atoms with van der Waals surface area (Å²) in [5.41, 5.74) is 1.09. The van der Waals surface area contributed by atoms with Crippen LogP contribution in [0.1, 0.15) is 12.5 Å². The number of carbonyl (C=O) groups excluding carboxylic acids is 2. The number of hydrogen-bond acceptors (Lipinski definition) is 5. The molecule has 3 amide bonds. The van der Waals surface area contributed by atoms with E-state index in [2.05, 4.69) is 5.32 Å². The summed E-state index contributed by atoms with van der Waals surface area (Å²) >= 11 is 0. The van der Waals surface area contributed by atoms with Crippen molar-refractivity contribution in [1.29, 1.82) is 0 Å². The number of aryl methyl sites for hydroxylation is 1. The Hall–Kier alpha value is -2.33. The quantitative estimate of drug-likeness (QED) is 0.820. The lowest BCUT2D eigenvalue weighted by Crippen LogP contribution is -2.51. The zero-order valence-electron chi connectivity index (χ0n) is 14.2. The molecule has 0 bridgehead atoms. The Kier molecular flexibility index (Phi) is 5.85. The fraction of sp³-hybridized carbons (Fsp3) is 0.467. The Morgan fingerprint density at radius 2 is 1.80 bits per heavy atom. The third-order valence-electron chi connectivity index (χ3n) is 3.87. The molecule has 0 unspecified atom stereocenters. The van der Waals surface area contributed by atoms with Crippen LogP contribution in [0, 0.1) is 6.92 Å². The molecule has 138 valence electrons. The van der Waals surface area contributed by atoms with Crippen LogP contribution in [0.15, 0.2) is 23.1 Å². The Bertz CT molecular complexity index is 757. The van der Waals surface area contributed by atoms with Crippen LogP contribution in [-0.2, 0) is 14.8 Å². The molecular formula is C15H22N4O5S. The molecule has 0 atom stereocenters. The number of nitrogens with two attached hydrogens (primary N) is 1. The second-order valence-corrected chi connectivity index (χ2v) is 7.19. The summed E-state index contributed by atoms with van der Waals surface area (Å²) in [5.74, 6) is 0. The monoisotopic (exact) mass is 370 g/mol. The number of nitrogens with one attached hydrogen (secondary N) is 1. The molecule has 1 fully saturated rings. The molecule has 10 heteroatoms. The van der Waals surface area contributed by atoms with Gasteiger partial charge in [-0.15, -0.1) is 0 Å². The molecule has 9 nitrogen and oxygen atoms in total. The molecule has 0 saturated carbocycles. The highest BCUT2D eigenvalue weighted by atomic mass is 32.2. The number of urea groups is 1. The van der Waals surface area contributed by atoms with Crippen LogP contribution in [0.5, 0.6) is 0 Å². The Labute approximate surface area is 146 Å². The molecule has 0 aromatic heterocycles. The van der Waals surface area contributed by atoms with Crippen LogP contribution in [0.3, 0.4) is 0 Å². The molecular weight excluding hydrogens is 348 g/mol. The van der Waals surface area contributed by atoms with Gasteiger partial charge in [0.25, 0.3) is 0 Å². The molecule has 1 aromatic carbocycles. The van der Waals surface area contributed by atoms with E-state index in [-0.39, 0.29) is 17.0 Å². The van der Waals surface area contributed by atoms with Gasteiger partial charge in [0.1, 0.15) is 0 Å². The van der Waals surface area contributed by atoms with Crippen molar-refractivity contribution in [3.63, 3.8) is 0 Å². The van der Waals surface area contributed by atoms with Gasteiger partial charge in [0, 0.05) is 31.9 Å². The second kappa shape index (κ2) is 7.70. The summed E-state index contributed by atoms with van der Waals surface area (Å²) < 4.78 is 27.8. The van der Waals surface area contributed by atoms with E-state index in [1.807, 2.05) is 0 Å². The number of rotatable bonds is 3. The maximum Gasteiger partial charge on any atom is 0.409 e. The van der Waals surface area contributed by atoms with E-state index in [1.165, 1.54) is 12.1 Å². The highest BCUT2D eigenvalue weighted by molar-refractivity contribution is 7.89. The van der Waals surface area contributed by atoms with Crippen molar-refractivity contribution >= 4 is 27.8 Å². The first kappa shape index (κ1) is 19.0. The van der Waals surface area contributed by atoms with Gasteiger partial charge in [0.05, 0.1) is 11.5 Å². The van der Waals surface area contributed by atoms with Gasteiger partial charge < -0.3 is 19.9 Å². The van der Waals surface area contributed by atoms with Crippen molar-refractivity contribution < 1.29 is 22.7 Å². The van der Waals surface area contributed by atoms with E-state index < -0.39 is 10.0 Å². The SMILES string of the molecule is CCOC(=O)N1CCN(C(=O)Nc2cc(S(N)(=O)=O)ccc2C)CC1. The Morgan fingerprint density at radius 1 is 1.20 bits per heavy atom. The molecule has 1 aliphatic rings. The molecule has 1 aromatic rings. The normalized spacial score (nSPS) is 15.0. The third-order valence-corrected chi connectivity index (χ3v) is 4.78. The van der Waals surface area contributed by atoms with E-state index in [0.717, 1.165) is 0 Å². The Morgan fingerprint density at radius 3 is 2.36 bits per heavy atom. The number of piperazine rings is 1. The van der Waals surface area contributed by atoms with Crippen molar-refractivity contribution in [2.75, 3.05) is 38.1 Å². The van der Waals surface area contributed by atoms with Crippen molar-refractivity contribution in [2.24, 2.45) is 5.14 Å². The zero-order chi connectivity index (χ0) is 18.6. The van der Waals surface area contributed by atoms with Gasteiger partial charge in [-0.1, -0.05) is 6.07 Å². The lowest BCUT2D eigenvalue weighted by Gasteiger charge is -2.34. The maximum atomic E-state index is 12.4. The van der Waals surface area contributed by atoms with Gasteiger partial charge in [0.15, 0.2) is 0 Å². The number of ether oxygens (including phenoxy) is 1. The summed E-state index contributed by atoms with van der Waals surface area (Å²) in [7, 11) is -3.85. The van der Waals surface area contributed by atoms with Crippen LogP contribution < -0.4 is 10.5 Å². The number of amides is 3. The molecule has 3 N–H and O–H groups in total. The summed E-state index contributed by atoms with van der Waals surface area (Å²) in [5, 5.41) is 7.81. The van der Waals surface area contributed by atoms with E-state index in [4.69, 9.17) is 9.88 Å². The minimum Gasteiger partial charge on any atom is -0.450 e. The molecule has 1 heterocycles. The molecule has 1 saturated heterocycles. The van der Waals surface area contributed by atoms with Gasteiger partial charge in [-0.05, 0) is 31.5 Å². The molecule has 2 rings (SSSR count). The zero-order valence-corrected chi connectivity index (χ0v) is 15.0. The highest BCUT2D eigenvalue weighted by Gasteiger charge is 2.25. The van der Waals surface area contributed by atoms with Crippen LogP contribution in [0.2, 0.25) is 0 Å². The van der Waals surface area contributed by atoms with E-state index >= 15 is 0 Å². The highest BCUT2D eigenvalue weighted by Crippen LogP contribution is 2.20. The van der Waals surface area contributed by atoms with Crippen LogP contribution in [0.4, 0.5) is 15.3 Å². The van der Waals surface area contributed by atoms with Crippen LogP contribution >= 0.6 is 0 Å². The number of primary sulfonamides is 1. The second-order valence-electron chi connectivity index (χ2n) is 5.62. The first-order valence-electron chi connectivity index (χ1n) is 7.83. The van der Waals surface area contributed by atoms with Crippen LogP contribution in [-0.4, -0.2) is 63.1 Å². The van der Waals surface area contributed by atoms with Crippen molar-refractivity contribution in [3.8, 4) is 0 Å². The van der Waals surface area contributed by atoms with Gasteiger partial charge >= 0.3 is 12.1 Å². The molecule has 25 heavy (non-hydrogen) atoms. The minimum absolute atomic E-state index is 0.0690. The van der Waals surface area contributed by atoms with Gasteiger partial charge in [-0.2, -0.15) is 0 Å². The largest absolute Gasteiger partial charge is 0.450 e. The first-order valence-corrected chi connectivity index (χ1v) is 9.38. The van der Waals surface area contributed by atoms with E-state index in [1.54, 1.807) is 29.7 Å². The average Bonchev–Trinajstić information content (AvgIpc) is 2.56. The lowest BCUT2D eigenvalue weighted by molar-refractivity contribution is 0.0868. The first-order chi connectivity index (χ1) is 11.7. The molecule has 0 aliphatic carbocycles.